The van der Waals surface area contributed by atoms with E-state index in [0.717, 1.165) is 59.6 Å². The van der Waals surface area contributed by atoms with Gasteiger partial charge in [-0.25, -0.2) is 4.98 Å². The Labute approximate surface area is 337 Å². The minimum atomic E-state index is -1.18. The lowest BCUT2D eigenvalue weighted by atomic mass is 9.83. The lowest BCUT2D eigenvalue weighted by Crippen LogP contribution is -2.57. The number of aliphatic hydroxyl groups excluding tert-OH is 1. The van der Waals surface area contributed by atoms with Gasteiger partial charge >= 0.3 is 0 Å². The van der Waals surface area contributed by atoms with Gasteiger partial charge < -0.3 is 32.1 Å². The Kier molecular flexibility index (Phi) is 14.9. The van der Waals surface area contributed by atoms with Gasteiger partial charge in [0.25, 0.3) is 5.91 Å². The molecule has 3 aromatic carbocycles. The monoisotopic (exact) mass is 789 g/mol. The molecule has 1 fully saturated rings. The quantitative estimate of drug-likeness (QED) is 0.0735. The van der Waals surface area contributed by atoms with Gasteiger partial charge in [0.2, 0.25) is 17.7 Å². The van der Waals surface area contributed by atoms with Crippen molar-refractivity contribution in [2.45, 2.75) is 95.1 Å². The number of benzene rings is 3. The van der Waals surface area contributed by atoms with Gasteiger partial charge in [-0.05, 0) is 51.9 Å². The Morgan fingerprint density at radius 1 is 0.842 bits per heavy atom. The van der Waals surface area contributed by atoms with E-state index in [0.29, 0.717) is 18.7 Å². The highest BCUT2D eigenvalue weighted by molar-refractivity contribution is 7.07. The average molecular weight is 790 g/mol. The van der Waals surface area contributed by atoms with Crippen LogP contribution in [0.4, 0.5) is 0 Å². The van der Waals surface area contributed by atoms with E-state index in [-0.39, 0.29) is 43.2 Å². The second kappa shape index (κ2) is 20.6. The number of rotatable bonds is 18. The molecule has 12 nitrogen and oxygen atoms in total. The van der Waals surface area contributed by atoms with Crippen LogP contribution < -0.4 is 27.0 Å². The number of carbonyl (C=O) groups is 4. The van der Waals surface area contributed by atoms with Gasteiger partial charge in [0.15, 0.2) is 0 Å². The zero-order chi connectivity index (χ0) is 40.0. The van der Waals surface area contributed by atoms with Crippen LogP contribution in [0.15, 0.2) is 102 Å². The van der Waals surface area contributed by atoms with Crippen LogP contribution in [0.5, 0.6) is 0 Å². The van der Waals surface area contributed by atoms with Gasteiger partial charge in [-0.2, -0.15) is 0 Å². The second-order valence-corrected chi connectivity index (χ2v) is 15.5. The van der Waals surface area contributed by atoms with Crippen LogP contribution in [0, 0.1) is 5.92 Å². The van der Waals surface area contributed by atoms with E-state index in [4.69, 9.17) is 5.73 Å². The molecule has 7 N–H and O–H groups in total. The highest BCUT2D eigenvalue weighted by Crippen LogP contribution is 2.29. The third kappa shape index (κ3) is 12.0. The van der Waals surface area contributed by atoms with E-state index in [1.54, 1.807) is 23.8 Å². The van der Waals surface area contributed by atoms with E-state index < -0.39 is 42.0 Å². The topological polar surface area (TPSA) is 188 Å². The van der Waals surface area contributed by atoms with E-state index in [2.05, 4.69) is 31.2 Å². The molecule has 0 aliphatic heterocycles. The SMILES string of the molecule is NCc1cccc(CNC(=O)C[C@H](O)[C@H](CC2CCCCC2)NC(=O)[C@H](Cc2cscn2)NC(=O)[C@H](Cc2cccc3ccccc23)NC(=O)c2cccnc2)c1. The van der Waals surface area contributed by atoms with Gasteiger partial charge in [0.1, 0.15) is 12.1 Å². The van der Waals surface area contributed by atoms with Gasteiger partial charge in [-0.3, -0.25) is 24.2 Å². The molecule has 5 aromatic rings. The summed E-state index contributed by atoms with van der Waals surface area (Å²) < 4.78 is 0. The minimum absolute atomic E-state index is 0.0766. The fraction of sp³-hybridized carbons (Fsp3) is 0.364. The Morgan fingerprint density at radius 3 is 2.37 bits per heavy atom. The van der Waals surface area contributed by atoms with Crippen LogP contribution in [0.25, 0.3) is 10.8 Å². The number of amides is 4. The first kappa shape index (κ1) is 41.1. The van der Waals surface area contributed by atoms with Gasteiger partial charge in [0, 0.05) is 43.7 Å². The van der Waals surface area contributed by atoms with E-state index >= 15 is 0 Å². The standard InChI is InChI=1S/C44H51N7O5S/c45-24-30-11-6-12-31(19-30)25-47-41(53)23-40(52)37(20-29-9-2-1-3-10-29)49-44(56)39(22-35-27-57-28-48-35)51-43(55)38(50-42(54)34-16-8-18-46-26-34)21-33-15-7-14-32-13-4-5-17-36(32)33/h4-8,11-19,26-29,37-40,52H,1-3,9-10,20-25,45H2,(H,47,53)(H,49,56)(H,50,54)(H,51,55)/t37-,38-,39-,40-/m0/s1. The smallest absolute Gasteiger partial charge is 0.253 e. The third-order valence-corrected chi connectivity index (χ3v) is 11.2. The summed E-state index contributed by atoms with van der Waals surface area (Å²) >= 11 is 1.37. The third-order valence-electron chi connectivity index (χ3n) is 10.6. The highest BCUT2D eigenvalue weighted by Gasteiger charge is 2.33. The summed E-state index contributed by atoms with van der Waals surface area (Å²) in [6.07, 6.45) is 7.51. The number of thiazole rings is 1. The molecule has 1 aliphatic rings. The van der Waals surface area contributed by atoms with Crippen molar-refractivity contribution in [1.82, 2.24) is 31.2 Å². The molecule has 2 aromatic heterocycles. The van der Waals surface area contributed by atoms with Gasteiger partial charge in [-0.15, -0.1) is 11.3 Å². The molecule has 6 rings (SSSR count). The summed E-state index contributed by atoms with van der Waals surface area (Å²) in [5.41, 5.74) is 11.0. The number of carbonyl (C=O) groups excluding carboxylic acids is 4. The molecular formula is C44H51N7O5S. The molecule has 4 amide bonds. The maximum absolute atomic E-state index is 14.4. The Bertz CT molecular complexity index is 2090. The number of hydrogen-bond donors (Lipinski definition) is 6. The zero-order valence-corrected chi connectivity index (χ0v) is 32.8. The van der Waals surface area contributed by atoms with Crippen molar-refractivity contribution in [2.24, 2.45) is 11.7 Å². The summed E-state index contributed by atoms with van der Waals surface area (Å²) in [7, 11) is 0. The van der Waals surface area contributed by atoms with Gasteiger partial charge in [-0.1, -0.05) is 98.8 Å². The van der Waals surface area contributed by atoms with Crippen LogP contribution in [0.3, 0.4) is 0 Å². The molecule has 0 saturated heterocycles. The molecule has 2 heterocycles. The lowest BCUT2D eigenvalue weighted by Gasteiger charge is -2.31. The lowest BCUT2D eigenvalue weighted by molar-refractivity contribution is -0.131. The fourth-order valence-electron chi connectivity index (χ4n) is 7.52. The summed E-state index contributed by atoms with van der Waals surface area (Å²) in [6.45, 7) is 0.663. The largest absolute Gasteiger partial charge is 0.390 e. The molecule has 4 atom stereocenters. The number of nitrogens with two attached hydrogens (primary N) is 1. The van der Waals surface area contributed by atoms with Crippen molar-refractivity contribution in [1.29, 1.82) is 0 Å². The molecule has 0 bridgehead atoms. The zero-order valence-electron chi connectivity index (χ0n) is 31.9. The summed E-state index contributed by atoms with van der Waals surface area (Å²) in [5, 5.41) is 27.1. The number of aromatic nitrogens is 2. The van der Waals surface area contributed by atoms with Crippen molar-refractivity contribution in [3.05, 3.63) is 130 Å². The first-order chi connectivity index (χ1) is 27.7. The van der Waals surface area contributed by atoms with Crippen LogP contribution in [-0.4, -0.2) is 62.9 Å². The predicted molar refractivity (Wildman–Crippen MR) is 221 cm³/mol. The molecule has 0 unspecified atom stereocenters. The summed E-state index contributed by atoms with van der Waals surface area (Å²) in [6, 6.07) is 21.6. The molecule has 13 heteroatoms. The number of nitrogens with one attached hydrogen (secondary N) is 4. The Hall–Kier alpha value is -5.50. The van der Waals surface area contributed by atoms with Crippen molar-refractivity contribution < 1.29 is 24.3 Å². The molecule has 0 spiro atoms. The first-order valence-electron chi connectivity index (χ1n) is 19.6. The van der Waals surface area contributed by atoms with Gasteiger partial charge in [0.05, 0.1) is 35.3 Å². The Balaban J connectivity index is 1.21. The maximum atomic E-state index is 14.4. The van der Waals surface area contributed by atoms with E-state index in [9.17, 15) is 24.3 Å². The van der Waals surface area contributed by atoms with Crippen molar-refractivity contribution in [2.75, 3.05) is 0 Å². The number of pyridine rings is 1. The molecular weight excluding hydrogens is 739 g/mol. The van der Waals surface area contributed by atoms with E-state index in [1.807, 2.05) is 72.1 Å². The molecule has 0 radical (unpaired) electrons. The average Bonchev–Trinajstić information content (AvgIpc) is 3.76. The fourth-order valence-corrected chi connectivity index (χ4v) is 8.09. The van der Waals surface area contributed by atoms with Crippen LogP contribution in [0.1, 0.15) is 77.7 Å². The van der Waals surface area contributed by atoms with Crippen molar-refractivity contribution in [3.63, 3.8) is 0 Å². The number of nitrogens with zero attached hydrogens (tertiary/aromatic N) is 2. The number of hydrogen-bond acceptors (Lipinski definition) is 9. The molecule has 1 saturated carbocycles. The predicted octanol–water partition coefficient (Wildman–Crippen LogP) is 4.74. The van der Waals surface area contributed by atoms with E-state index in [1.165, 1.54) is 17.5 Å². The summed E-state index contributed by atoms with van der Waals surface area (Å²) in [5.74, 6) is -1.64. The van der Waals surface area contributed by atoms with Crippen LogP contribution in [0.2, 0.25) is 0 Å². The molecule has 57 heavy (non-hydrogen) atoms. The first-order valence-corrected chi connectivity index (χ1v) is 20.6. The molecule has 1 aliphatic carbocycles. The normalized spacial score (nSPS) is 15.2. The number of fused-ring (bicyclic) bond motifs is 1. The van der Waals surface area contributed by atoms with Crippen LogP contribution >= 0.6 is 11.3 Å². The van der Waals surface area contributed by atoms with Crippen molar-refractivity contribution in [3.8, 4) is 0 Å². The van der Waals surface area contributed by atoms with Crippen molar-refractivity contribution >= 4 is 45.7 Å². The van der Waals surface area contributed by atoms with Crippen LogP contribution in [-0.2, 0) is 40.3 Å². The minimum Gasteiger partial charge on any atom is -0.390 e. The molecule has 298 valence electrons. The highest BCUT2D eigenvalue weighted by atomic mass is 32.1. The summed E-state index contributed by atoms with van der Waals surface area (Å²) in [4.78, 5) is 63.7. The Morgan fingerprint density at radius 2 is 1.60 bits per heavy atom. The number of aliphatic hydroxyl groups is 1. The second-order valence-electron chi connectivity index (χ2n) is 14.8. The maximum Gasteiger partial charge on any atom is 0.253 e.